The van der Waals surface area contributed by atoms with Gasteiger partial charge in [0.25, 0.3) is 0 Å². The van der Waals surface area contributed by atoms with E-state index in [0.717, 1.165) is 0 Å². The third-order valence-corrected chi connectivity index (χ3v) is 2.82. The van der Waals surface area contributed by atoms with Crippen molar-refractivity contribution in [3.05, 3.63) is 53.5 Å². The molecule has 7 heteroatoms. The minimum atomic E-state index is -1.30. The van der Waals surface area contributed by atoms with Gasteiger partial charge in [-0.05, 0) is 18.2 Å². The van der Waals surface area contributed by atoms with Gasteiger partial charge in [0.2, 0.25) is 5.65 Å². The van der Waals surface area contributed by atoms with Crippen molar-refractivity contribution in [2.45, 2.75) is 6.54 Å². The van der Waals surface area contributed by atoms with Crippen LogP contribution in [-0.2, 0) is 6.54 Å². The molecule has 0 aliphatic rings. The number of hydrogen-bond donors (Lipinski definition) is 1. The second-order valence-corrected chi connectivity index (χ2v) is 4.16. The summed E-state index contributed by atoms with van der Waals surface area (Å²) in [5.41, 5.74) is 0.909. The van der Waals surface area contributed by atoms with Crippen LogP contribution in [0.4, 0.5) is 4.39 Å². The number of fused-ring (bicyclic) bond motifs is 1. The van der Waals surface area contributed by atoms with E-state index < -0.39 is 11.8 Å². The van der Waals surface area contributed by atoms with Crippen LogP contribution < -0.4 is 0 Å². The van der Waals surface area contributed by atoms with E-state index in [1.165, 1.54) is 23.0 Å². The van der Waals surface area contributed by atoms with Gasteiger partial charge >= 0.3 is 5.97 Å². The van der Waals surface area contributed by atoms with E-state index in [2.05, 4.69) is 15.2 Å². The Balaban J connectivity index is 1.98. The molecule has 1 aromatic carbocycles. The largest absolute Gasteiger partial charge is 0.478 e. The molecule has 0 aliphatic heterocycles. The van der Waals surface area contributed by atoms with Gasteiger partial charge in [-0.25, -0.2) is 14.2 Å². The quantitative estimate of drug-likeness (QED) is 0.785. The first kappa shape index (κ1) is 12.2. The van der Waals surface area contributed by atoms with Gasteiger partial charge in [0.05, 0.1) is 12.1 Å². The number of aromatic nitrogens is 4. The van der Waals surface area contributed by atoms with Gasteiger partial charge < -0.3 is 5.11 Å². The van der Waals surface area contributed by atoms with Crippen molar-refractivity contribution in [3.63, 3.8) is 0 Å². The predicted octanol–water partition coefficient (Wildman–Crippen LogP) is 1.71. The van der Waals surface area contributed by atoms with E-state index in [1.54, 1.807) is 18.3 Å². The zero-order chi connectivity index (χ0) is 14.1. The molecule has 6 nitrogen and oxygen atoms in total. The number of carboxylic acid groups (broad SMARTS) is 1. The molecule has 0 spiro atoms. The maximum absolute atomic E-state index is 14.0. The summed E-state index contributed by atoms with van der Waals surface area (Å²) in [6.07, 6.45) is 1.59. The van der Waals surface area contributed by atoms with Crippen molar-refractivity contribution >= 4 is 17.1 Å². The number of aromatic carboxylic acids is 1. The Kier molecular flexibility index (Phi) is 2.86. The van der Waals surface area contributed by atoms with Crippen molar-refractivity contribution in [2.75, 3.05) is 0 Å². The second-order valence-electron chi connectivity index (χ2n) is 4.16. The molecular weight excluding hydrogens is 263 g/mol. The molecular formula is C13H9FN4O2. The summed E-state index contributed by atoms with van der Waals surface area (Å²) < 4.78 is 14.0. The fourth-order valence-corrected chi connectivity index (χ4v) is 1.89. The summed E-state index contributed by atoms with van der Waals surface area (Å²) in [4.78, 5) is 16.2. The third-order valence-electron chi connectivity index (χ3n) is 2.82. The lowest BCUT2D eigenvalue weighted by atomic mass is 10.1. The summed E-state index contributed by atoms with van der Waals surface area (Å²) in [6, 6.07) is 7.69. The third kappa shape index (κ3) is 2.09. The zero-order valence-corrected chi connectivity index (χ0v) is 10.2. The van der Waals surface area contributed by atoms with Crippen LogP contribution in [-0.4, -0.2) is 31.1 Å². The van der Waals surface area contributed by atoms with E-state index in [-0.39, 0.29) is 17.7 Å². The average molecular weight is 272 g/mol. The first-order valence-corrected chi connectivity index (χ1v) is 5.81. The van der Waals surface area contributed by atoms with E-state index in [4.69, 9.17) is 5.11 Å². The molecule has 20 heavy (non-hydrogen) atoms. The maximum Gasteiger partial charge on any atom is 0.338 e. The van der Waals surface area contributed by atoms with Crippen molar-refractivity contribution in [1.29, 1.82) is 0 Å². The number of hydrogen-bond acceptors (Lipinski definition) is 4. The van der Waals surface area contributed by atoms with Crippen molar-refractivity contribution in [1.82, 2.24) is 20.0 Å². The Morgan fingerprint density at radius 1 is 1.25 bits per heavy atom. The lowest BCUT2D eigenvalue weighted by Crippen LogP contribution is -2.09. The molecule has 0 aliphatic carbocycles. The molecule has 2 heterocycles. The van der Waals surface area contributed by atoms with Crippen LogP contribution in [0.5, 0.6) is 0 Å². The summed E-state index contributed by atoms with van der Waals surface area (Å²) in [7, 11) is 0. The number of carboxylic acids is 1. The highest BCUT2D eigenvalue weighted by atomic mass is 19.1. The molecule has 0 unspecified atom stereocenters. The Bertz CT molecular complexity index is 767. The standard InChI is InChI=1S/C13H9FN4O2/c14-11-8(3-1-4-9(11)13(19)20)7-18-16-10-5-2-6-15-12(10)17-18/h1-6H,7H2,(H,19,20). The number of nitrogens with zero attached hydrogens (tertiary/aromatic N) is 4. The Morgan fingerprint density at radius 3 is 2.85 bits per heavy atom. The van der Waals surface area contributed by atoms with Crippen molar-refractivity contribution in [3.8, 4) is 0 Å². The number of pyridine rings is 1. The molecule has 0 amide bonds. The number of carbonyl (C=O) groups is 1. The van der Waals surface area contributed by atoms with E-state index >= 15 is 0 Å². The van der Waals surface area contributed by atoms with Crippen molar-refractivity contribution in [2.24, 2.45) is 0 Å². The van der Waals surface area contributed by atoms with Crippen LogP contribution in [0.3, 0.4) is 0 Å². The summed E-state index contributed by atoms with van der Waals surface area (Å²) >= 11 is 0. The molecule has 0 radical (unpaired) electrons. The molecule has 100 valence electrons. The molecule has 0 atom stereocenters. The van der Waals surface area contributed by atoms with Gasteiger partial charge in [-0.3, -0.25) is 0 Å². The van der Waals surface area contributed by atoms with E-state index in [9.17, 15) is 9.18 Å². The number of halogens is 1. The van der Waals surface area contributed by atoms with Gasteiger partial charge in [0.15, 0.2) is 0 Å². The van der Waals surface area contributed by atoms with Crippen LogP contribution in [0.2, 0.25) is 0 Å². The highest BCUT2D eigenvalue weighted by Gasteiger charge is 2.14. The van der Waals surface area contributed by atoms with Gasteiger partial charge in [-0.2, -0.15) is 9.90 Å². The van der Waals surface area contributed by atoms with E-state index in [0.29, 0.717) is 11.2 Å². The summed E-state index contributed by atoms with van der Waals surface area (Å²) in [5, 5.41) is 17.1. The van der Waals surface area contributed by atoms with Crippen LogP contribution in [0.15, 0.2) is 36.5 Å². The lowest BCUT2D eigenvalue weighted by molar-refractivity contribution is 0.0691. The number of rotatable bonds is 3. The smallest absolute Gasteiger partial charge is 0.338 e. The topological polar surface area (TPSA) is 80.9 Å². The molecule has 1 N–H and O–H groups in total. The number of benzene rings is 1. The Labute approximate surface area is 112 Å². The van der Waals surface area contributed by atoms with Gasteiger partial charge in [-0.1, -0.05) is 12.1 Å². The highest BCUT2D eigenvalue weighted by Crippen LogP contribution is 2.14. The van der Waals surface area contributed by atoms with Gasteiger partial charge in [-0.15, -0.1) is 5.10 Å². The minimum Gasteiger partial charge on any atom is -0.478 e. The fourth-order valence-electron chi connectivity index (χ4n) is 1.89. The monoisotopic (exact) mass is 272 g/mol. The van der Waals surface area contributed by atoms with Crippen LogP contribution >= 0.6 is 0 Å². The van der Waals surface area contributed by atoms with Crippen molar-refractivity contribution < 1.29 is 14.3 Å². The fraction of sp³-hybridized carbons (Fsp3) is 0.0769. The molecule has 2 aromatic heterocycles. The molecule has 0 saturated carbocycles. The van der Waals surface area contributed by atoms with Crippen LogP contribution in [0, 0.1) is 5.82 Å². The second kappa shape index (κ2) is 4.69. The highest BCUT2D eigenvalue weighted by molar-refractivity contribution is 5.88. The Morgan fingerprint density at radius 2 is 2.10 bits per heavy atom. The minimum absolute atomic E-state index is 0.0450. The lowest BCUT2D eigenvalue weighted by Gasteiger charge is -2.04. The zero-order valence-electron chi connectivity index (χ0n) is 10.2. The molecule has 3 aromatic rings. The first-order valence-electron chi connectivity index (χ1n) is 5.81. The molecule has 3 rings (SSSR count). The maximum atomic E-state index is 14.0. The first-order chi connectivity index (χ1) is 9.65. The SMILES string of the molecule is O=C(O)c1cccc(Cn2nc3cccnc3n2)c1F. The van der Waals surface area contributed by atoms with Crippen LogP contribution in [0.1, 0.15) is 15.9 Å². The normalized spacial score (nSPS) is 10.8. The Hall–Kier alpha value is -2.83. The summed E-state index contributed by atoms with van der Waals surface area (Å²) in [5.74, 6) is -2.07. The van der Waals surface area contributed by atoms with Crippen LogP contribution in [0.25, 0.3) is 11.2 Å². The summed E-state index contributed by atoms with van der Waals surface area (Å²) in [6.45, 7) is 0.0450. The van der Waals surface area contributed by atoms with Gasteiger partial charge in [0, 0.05) is 11.8 Å². The van der Waals surface area contributed by atoms with Gasteiger partial charge in [0.1, 0.15) is 11.3 Å². The van der Waals surface area contributed by atoms with E-state index in [1.807, 2.05) is 0 Å². The molecule has 0 saturated heterocycles. The average Bonchev–Trinajstić information content (AvgIpc) is 2.83. The molecule has 0 bridgehead atoms. The predicted molar refractivity (Wildman–Crippen MR) is 67.8 cm³/mol. The molecule has 0 fully saturated rings.